The molecule has 5 aliphatic carbocycles. The van der Waals surface area contributed by atoms with Crippen LogP contribution >= 0.6 is 0 Å². The molecule has 2 amide bonds. The van der Waals surface area contributed by atoms with Crippen molar-refractivity contribution >= 4 is 23.7 Å². The van der Waals surface area contributed by atoms with E-state index in [1.54, 1.807) is 0 Å². The van der Waals surface area contributed by atoms with Crippen LogP contribution in [-0.2, 0) is 19.1 Å². The number of nitrogens with zero attached hydrogens (tertiary/aromatic N) is 1. The van der Waals surface area contributed by atoms with Crippen molar-refractivity contribution in [3.8, 4) is 0 Å². The van der Waals surface area contributed by atoms with E-state index in [1.807, 2.05) is 6.92 Å². The third-order valence-corrected chi connectivity index (χ3v) is 13.3. The maximum absolute atomic E-state index is 13.2. The first-order valence-corrected chi connectivity index (χ1v) is 15.7. The molecule has 0 aromatic carbocycles. The number of esters is 2. The molecule has 0 bridgehead atoms. The Morgan fingerprint density at radius 2 is 1.67 bits per heavy atom. The fourth-order valence-corrected chi connectivity index (χ4v) is 10.7. The van der Waals surface area contributed by atoms with E-state index >= 15 is 0 Å². The Hall–Kier alpha value is -2.64. The highest BCUT2D eigenvalue weighted by Crippen LogP contribution is 2.74. The second kappa shape index (κ2) is 9.68. The monoisotopic (exact) mass is 581 g/mol. The molecule has 0 heterocycles. The van der Waals surface area contributed by atoms with Gasteiger partial charge in [0, 0.05) is 29.9 Å². The topological polar surface area (TPSA) is 120 Å². The molecule has 0 spiro atoms. The lowest BCUT2D eigenvalue weighted by atomic mass is 9.35. The fraction of sp³-hybridized carbons (Fsp3) is 0.765. The summed E-state index contributed by atoms with van der Waals surface area (Å²) in [6.07, 6.45) is 11.8. The first-order chi connectivity index (χ1) is 19.4. The minimum atomic E-state index is -0.790. The van der Waals surface area contributed by atoms with Crippen LogP contribution in [0.1, 0.15) is 107 Å². The number of amides is 2. The molecular weight excluding hydrogens is 530 g/mol. The zero-order valence-electron chi connectivity index (χ0n) is 27.1. The van der Waals surface area contributed by atoms with Gasteiger partial charge in [-0.2, -0.15) is 5.10 Å². The van der Waals surface area contributed by atoms with Crippen LogP contribution in [0.15, 0.2) is 28.4 Å². The van der Waals surface area contributed by atoms with Crippen molar-refractivity contribution in [1.29, 1.82) is 0 Å². The summed E-state index contributed by atoms with van der Waals surface area (Å²) in [4.78, 5) is 36.8. The summed E-state index contributed by atoms with van der Waals surface area (Å²) < 4.78 is 11.2. The normalized spacial score (nSPS) is 44.7. The minimum Gasteiger partial charge on any atom is -0.469 e. The highest BCUT2D eigenvalue weighted by atomic mass is 16.5. The number of primary amides is 1. The summed E-state index contributed by atoms with van der Waals surface area (Å²) in [5, 5.41) is 4.51. The standard InChI is InChI=1S/C34H51N3O5/c1-20(38)42-26-13-14-32(6)23(29(26,2)3)12-15-34(8)24(32)11-10-21-22-18-30(4,27(39)41-9)19-25(36-37-28(35)40)31(22,5)16-17-33(21,34)7/h10-11,23-24,26H,12-19H2,1-9H3,(H3,35,37,40)/b36-25+/t23-,24+,26-,30-,31+,32-,33+,34+/m0/s1. The van der Waals surface area contributed by atoms with Gasteiger partial charge in [0.25, 0.3) is 0 Å². The molecular formula is C34H51N3O5. The largest absolute Gasteiger partial charge is 0.469 e. The van der Waals surface area contributed by atoms with Gasteiger partial charge in [-0.25, -0.2) is 10.2 Å². The van der Waals surface area contributed by atoms with Gasteiger partial charge in [0.05, 0.1) is 12.5 Å². The molecule has 5 rings (SSSR count). The second-order valence-electron chi connectivity index (χ2n) is 15.8. The van der Waals surface area contributed by atoms with Gasteiger partial charge >= 0.3 is 18.0 Å². The Kier molecular flexibility index (Phi) is 7.10. The van der Waals surface area contributed by atoms with Crippen molar-refractivity contribution < 1.29 is 23.9 Å². The number of carbonyl (C=O) groups is 3. The van der Waals surface area contributed by atoms with Gasteiger partial charge in [-0.15, -0.1) is 0 Å². The first kappa shape index (κ1) is 30.8. The van der Waals surface area contributed by atoms with Gasteiger partial charge in [0.15, 0.2) is 0 Å². The molecule has 8 atom stereocenters. The number of methoxy groups -OCH3 is 1. The number of urea groups is 1. The molecule has 8 nitrogen and oxygen atoms in total. The van der Waals surface area contributed by atoms with Crippen LogP contribution in [0, 0.1) is 44.3 Å². The molecule has 8 heteroatoms. The van der Waals surface area contributed by atoms with Crippen molar-refractivity contribution in [2.24, 2.45) is 55.2 Å². The first-order valence-electron chi connectivity index (χ1n) is 15.7. The molecule has 0 radical (unpaired) electrons. The summed E-state index contributed by atoms with van der Waals surface area (Å²) in [5.74, 6) is 0.360. The van der Waals surface area contributed by atoms with Crippen LogP contribution < -0.4 is 11.2 Å². The van der Waals surface area contributed by atoms with Crippen LogP contribution in [-0.4, -0.2) is 36.9 Å². The number of nitrogens with one attached hydrogen (secondary N) is 1. The molecule has 0 aromatic rings. The van der Waals surface area contributed by atoms with Gasteiger partial charge in [-0.1, -0.05) is 59.3 Å². The molecule has 0 aliphatic heterocycles. The van der Waals surface area contributed by atoms with Crippen molar-refractivity contribution in [2.75, 3.05) is 7.11 Å². The number of carbonyl (C=O) groups excluding carboxylic acids is 3. The maximum atomic E-state index is 13.2. The number of hydrogen-bond acceptors (Lipinski definition) is 6. The van der Waals surface area contributed by atoms with E-state index in [0.717, 1.165) is 44.2 Å². The number of hydrogen-bond donors (Lipinski definition) is 2. The number of ether oxygens (including phenoxy) is 2. The number of rotatable bonds is 3. The maximum Gasteiger partial charge on any atom is 0.332 e. The SMILES string of the molecule is COC(=O)[C@@]1(C)CC2=C3C=C[C@@H]4[C@@]5(C)CC[C@H](OC(C)=O)C(C)(C)[C@@H]5CC[C@@]4(C)[C@]3(C)CC[C@@]2(C)/C(=N/NC(N)=O)C1. The molecule has 3 saturated carbocycles. The quantitative estimate of drug-likeness (QED) is 0.293. The van der Waals surface area contributed by atoms with Gasteiger partial charge in [0.1, 0.15) is 6.10 Å². The lowest BCUT2D eigenvalue weighted by molar-refractivity contribution is -0.197. The number of fused-ring (bicyclic) bond motifs is 6. The fourth-order valence-electron chi connectivity index (χ4n) is 10.7. The van der Waals surface area contributed by atoms with E-state index in [-0.39, 0.29) is 45.1 Å². The summed E-state index contributed by atoms with van der Waals surface area (Å²) in [7, 11) is 1.44. The smallest absolute Gasteiger partial charge is 0.332 e. The average molecular weight is 582 g/mol. The Bertz CT molecular complexity index is 1300. The predicted molar refractivity (Wildman–Crippen MR) is 162 cm³/mol. The van der Waals surface area contributed by atoms with Crippen molar-refractivity contribution in [2.45, 2.75) is 113 Å². The van der Waals surface area contributed by atoms with Crippen molar-refractivity contribution in [3.63, 3.8) is 0 Å². The molecule has 0 saturated heterocycles. The highest BCUT2D eigenvalue weighted by molar-refractivity contribution is 5.99. The summed E-state index contributed by atoms with van der Waals surface area (Å²) in [5.41, 5.74) is 9.94. The number of hydrazone groups is 1. The van der Waals surface area contributed by atoms with Crippen LogP contribution in [0.3, 0.4) is 0 Å². The molecule has 0 aromatic heterocycles. The second-order valence-corrected chi connectivity index (χ2v) is 15.8. The van der Waals surface area contributed by atoms with Crippen molar-refractivity contribution in [1.82, 2.24) is 5.43 Å². The minimum absolute atomic E-state index is 0.0168. The molecule has 232 valence electrons. The van der Waals surface area contributed by atoms with Crippen LogP contribution in [0.4, 0.5) is 4.79 Å². The van der Waals surface area contributed by atoms with E-state index < -0.39 is 11.4 Å². The average Bonchev–Trinajstić information content (AvgIpc) is 2.89. The number of allylic oxidation sites excluding steroid dienone is 4. The highest BCUT2D eigenvalue weighted by Gasteiger charge is 2.67. The van der Waals surface area contributed by atoms with Crippen molar-refractivity contribution in [3.05, 3.63) is 23.3 Å². The van der Waals surface area contributed by atoms with E-state index in [4.69, 9.17) is 15.2 Å². The lowest BCUT2D eigenvalue weighted by Crippen LogP contribution is -2.63. The summed E-state index contributed by atoms with van der Waals surface area (Å²) >= 11 is 0. The zero-order valence-corrected chi connectivity index (χ0v) is 27.1. The predicted octanol–water partition coefficient (Wildman–Crippen LogP) is 6.45. The zero-order chi connectivity index (χ0) is 31.1. The summed E-state index contributed by atoms with van der Waals surface area (Å²) in [6, 6.07) is -0.712. The molecule has 5 aliphatic rings. The van der Waals surface area contributed by atoms with Gasteiger partial charge in [-0.3, -0.25) is 9.59 Å². The molecule has 3 N–H and O–H groups in total. The third kappa shape index (κ3) is 4.13. The molecule has 3 fully saturated rings. The van der Waals surface area contributed by atoms with Crippen LogP contribution in [0.2, 0.25) is 0 Å². The third-order valence-electron chi connectivity index (χ3n) is 13.3. The molecule has 0 unspecified atom stereocenters. The van der Waals surface area contributed by atoms with E-state index in [2.05, 4.69) is 64.2 Å². The Morgan fingerprint density at radius 3 is 2.29 bits per heavy atom. The van der Waals surface area contributed by atoms with E-state index in [0.29, 0.717) is 24.7 Å². The molecule has 42 heavy (non-hydrogen) atoms. The summed E-state index contributed by atoms with van der Waals surface area (Å²) in [6.45, 7) is 17.7. The van der Waals surface area contributed by atoms with Gasteiger partial charge < -0.3 is 15.2 Å². The lowest BCUT2D eigenvalue weighted by Gasteiger charge is -2.69. The van der Waals surface area contributed by atoms with E-state index in [1.165, 1.54) is 25.2 Å². The van der Waals surface area contributed by atoms with Crippen LogP contribution in [0.5, 0.6) is 0 Å². The van der Waals surface area contributed by atoms with Gasteiger partial charge in [-0.05, 0) is 85.5 Å². The Morgan fingerprint density at radius 1 is 0.976 bits per heavy atom. The number of nitrogens with two attached hydrogens (primary N) is 1. The van der Waals surface area contributed by atoms with Gasteiger partial charge in [0.2, 0.25) is 0 Å². The van der Waals surface area contributed by atoms with E-state index in [9.17, 15) is 14.4 Å². The Balaban J connectivity index is 1.64. The Labute approximate surface area is 251 Å². The van der Waals surface area contributed by atoms with Crippen LogP contribution in [0.25, 0.3) is 0 Å².